The lowest BCUT2D eigenvalue weighted by molar-refractivity contribution is -0.297. The van der Waals surface area contributed by atoms with E-state index in [0.29, 0.717) is 12.1 Å². The third-order valence-corrected chi connectivity index (χ3v) is 8.06. The first kappa shape index (κ1) is 33.4. The van der Waals surface area contributed by atoms with Crippen LogP contribution in [-0.2, 0) is 21.6 Å². The van der Waals surface area contributed by atoms with Crippen LogP contribution in [0.1, 0.15) is 61.9 Å². The van der Waals surface area contributed by atoms with E-state index in [0.717, 1.165) is 29.5 Å². The Kier molecular flexibility index (Phi) is 9.47. The third kappa shape index (κ3) is 7.37. The van der Waals surface area contributed by atoms with Crippen LogP contribution in [0.3, 0.4) is 0 Å². The summed E-state index contributed by atoms with van der Waals surface area (Å²) in [7, 11) is 0. The van der Waals surface area contributed by atoms with Gasteiger partial charge in [-0.2, -0.15) is 8.78 Å². The zero-order valence-corrected chi connectivity index (χ0v) is 25.4. The van der Waals surface area contributed by atoms with Gasteiger partial charge in [0.2, 0.25) is 12.2 Å². The van der Waals surface area contributed by atoms with Crippen molar-refractivity contribution in [3.8, 4) is 17.4 Å². The molecule has 14 heteroatoms. The summed E-state index contributed by atoms with van der Waals surface area (Å²) in [5.41, 5.74) is 4.86. The molecule has 1 saturated carbocycles. The number of halogens is 2. The van der Waals surface area contributed by atoms with Crippen LogP contribution in [0.2, 0.25) is 0 Å². The number of nitrogens with two attached hydrogens (primary N) is 1. The molecule has 0 bridgehead atoms. The molecule has 3 heterocycles. The number of rotatable bonds is 12. The molecule has 3 aromatic rings. The molecule has 0 unspecified atom stereocenters. The molecule has 2 aliphatic rings. The van der Waals surface area contributed by atoms with Crippen LogP contribution in [0.25, 0.3) is 0 Å². The van der Waals surface area contributed by atoms with Crippen molar-refractivity contribution < 1.29 is 52.9 Å². The molecule has 1 aromatic carbocycles. The summed E-state index contributed by atoms with van der Waals surface area (Å²) in [4.78, 5) is 20.7. The van der Waals surface area contributed by atoms with Gasteiger partial charge < -0.3 is 45.1 Å². The van der Waals surface area contributed by atoms with Crippen molar-refractivity contribution in [3.05, 3.63) is 77.2 Å². The summed E-state index contributed by atoms with van der Waals surface area (Å²) in [5.74, 6) is -1.30. The molecule has 1 aliphatic carbocycles. The summed E-state index contributed by atoms with van der Waals surface area (Å²) in [5, 5.41) is 41.3. The maximum Gasteiger partial charge on any atom is 0.387 e. The lowest BCUT2D eigenvalue weighted by atomic mass is 9.86. The van der Waals surface area contributed by atoms with Gasteiger partial charge in [-0.1, -0.05) is 18.2 Å². The van der Waals surface area contributed by atoms with Crippen LogP contribution in [0, 0.1) is 0 Å². The average molecular weight is 646 g/mol. The van der Waals surface area contributed by atoms with Crippen molar-refractivity contribution in [2.75, 3.05) is 0 Å². The van der Waals surface area contributed by atoms with Crippen LogP contribution in [0.15, 0.2) is 54.9 Å². The molecule has 6 N–H and O–H groups in total. The Labute approximate surface area is 263 Å². The number of nitrogens with zero attached hydrogens (tertiary/aromatic N) is 2. The third-order valence-electron chi connectivity index (χ3n) is 8.06. The van der Waals surface area contributed by atoms with Crippen LogP contribution >= 0.6 is 0 Å². The molecule has 0 radical (unpaired) electrons. The number of aromatic nitrogens is 2. The second-order valence-electron chi connectivity index (χ2n) is 12.2. The quantitative estimate of drug-likeness (QED) is 0.195. The molecule has 1 saturated heterocycles. The number of alkyl halides is 2. The van der Waals surface area contributed by atoms with Crippen molar-refractivity contribution >= 4 is 5.91 Å². The van der Waals surface area contributed by atoms with E-state index in [-0.39, 0.29) is 29.4 Å². The molecular weight excluding hydrogens is 608 g/mol. The fraction of sp³-hybridized carbons (Fsp3) is 0.469. The molecular formula is C32H37F2N3O9. The first-order chi connectivity index (χ1) is 21.7. The second-order valence-corrected chi connectivity index (χ2v) is 12.2. The number of aliphatic hydroxyl groups is 4. The monoisotopic (exact) mass is 645 g/mol. The Balaban J connectivity index is 1.41. The standard InChI is InChI=1S/C32H37F2N3O9/c1-31(2,42)23-10-6-18(15-36-23)20(17-5-9-21(44-30(33)34)22(13-17)43-19-7-8-19)12-16-4-11-24(37-14-16)45-28-26(39)25(38)27(40)32(3,46-28)29(35)41/h4-6,9-11,13-15,19-20,25-28,30,38-40,42H,7-8,12H2,1-3H3,(H2,35,41)/t20-,25+,26+,27-,28+,32-/m0/s1. The molecule has 46 heavy (non-hydrogen) atoms. The number of ether oxygens (including phenoxy) is 4. The predicted molar refractivity (Wildman–Crippen MR) is 157 cm³/mol. The first-order valence-corrected chi connectivity index (χ1v) is 14.7. The number of pyridine rings is 2. The van der Waals surface area contributed by atoms with E-state index < -0.39 is 48.3 Å². The van der Waals surface area contributed by atoms with Crippen molar-refractivity contribution in [3.63, 3.8) is 0 Å². The fourth-order valence-corrected chi connectivity index (χ4v) is 5.10. The molecule has 2 fully saturated rings. The van der Waals surface area contributed by atoms with Gasteiger partial charge in [0.25, 0.3) is 5.91 Å². The minimum atomic E-state index is -3.02. The van der Waals surface area contributed by atoms with E-state index in [1.54, 1.807) is 44.3 Å². The minimum absolute atomic E-state index is 0.00965. The lowest BCUT2D eigenvalue weighted by Crippen LogP contribution is -2.68. The van der Waals surface area contributed by atoms with Crippen LogP contribution in [0.5, 0.6) is 17.4 Å². The maximum absolute atomic E-state index is 13.1. The van der Waals surface area contributed by atoms with Gasteiger partial charge in [0.05, 0.1) is 11.8 Å². The predicted octanol–water partition coefficient (Wildman–Crippen LogP) is 2.28. The van der Waals surface area contributed by atoms with Gasteiger partial charge in [0, 0.05) is 24.4 Å². The number of carbonyl (C=O) groups excluding carboxylic acids is 1. The lowest BCUT2D eigenvalue weighted by Gasteiger charge is -2.44. The largest absolute Gasteiger partial charge is 0.487 e. The van der Waals surface area contributed by atoms with Crippen molar-refractivity contribution in [1.29, 1.82) is 0 Å². The van der Waals surface area contributed by atoms with Crippen molar-refractivity contribution in [2.24, 2.45) is 5.73 Å². The van der Waals surface area contributed by atoms with Gasteiger partial charge in [0.15, 0.2) is 17.1 Å². The summed E-state index contributed by atoms with van der Waals surface area (Å²) in [6.07, 6.45) is -1.77. The van der Waals surface area contributed by atoms with E-state index in [4.69, 9.17) is 24.7 Å². The zero-order chi connectivity index (χ0) is 33.4. The van der Waals surface area contributed by atoms with Gasteiger partial charge in [-0.3, -0.25) is 9.78 Å². The van der Waals surface area contributed by atoms with Gasteiger partial charge in [-0.05, 0) is 74.9 Å². The number of carbonyl (C=O) groups is 1. The fourth-order valence-electron chi connectivity index (χ4n) is 5.10. The van der Waals surface area contributed by atoms with E-state index in [1.165, 1.54) is 25.3 Å². The molecule has 2 aromatic heterocycles. The molecule has 6 atom stereocenters. The number of primary amides is 1. The minimum Gasteiger partial charge on any atom is -0.487 e. The van der Waals surface area contributed by atoms with Gasteiger partial charge in [-0.25, -0.2) is 4.98 Å². The number of hydrogen-bond donors (Lipinski definition) is 5. The number of amides is 1. The van der Waals surface area contributed by atoms with Crippen LogP contribution in [0.4, 0.5) is 8.78 Å². The average Bonchev–Trinajstić information content (AvgIpc) is 3.83. The highest BCUT2D eigenvalue weighted by molar-refractivity contribution is 5.84. The Morgan fingerprint density at radius 3 is 2.30 bits per heavy atom. The smallest absolute Gasteiger partial charge is 0.387 e. The molecule has 12 nitrogen and oxygen atoms in total. The molecule has 1 amide bonds. The highest BCUT2D eigenvalue weighted by Crippen LogP contribution is 2.39. The molecule has 248 valence electrons. The summed E-state index contributed by atoms with van der Waals surface area (Å²) >= 11 is 0. The Morgan fingerprint density at radius 1 is 1.02 bits per heavy atom. The number of hydrogen-bond acceptors (Lipinski definition) is 11. The summed E-state index contributed by atoms with van der Waals surface area (Å²) in [6.45, 7) is 1.41. The van der Waals surface area contributed by atoms with Gasteiger partial charge >= 0.3 is 6.61 Å². The zero-order valence-electron chi connectivity index (χ0n) is 25.4. The Bertz CT molecular complexity index is 1520. The van der Waals surface area contributed by atoms with E-state index in [9.17, 15) is 34.0 Å². The Hall–Kier alpha value is -3.95. The maximum atomic E-state index is 13.1. The summed E-state index contributed by atoms with van der Waals surface area (Å²) < 4.78 is 47.9. The van der Waals surface area contributed by atoms with Crippen LogP contribution < -0.4 is 19.9 Å². The van der Waals surface area contributed by atoms with E-state index >= 15 is 0 Å². The molecule has 5 rings (SSSR count). The normalized spacial score (nSPS) is 25.6. The van der Waals surface area contributed by atoms with Gasteiger partial charge in [0.1, 0.15) is 23.9 Å². The number of benzene rings is 1. The first-order valence-electron chi connectivity index (χ1n) is 14.7. The van der Waals surface area contributed by atoms with E-state index in [2.05, 4.69) is 9.97 Å². The second kappa shape index (κ2) is 13.0. The topological polar surface area (TPSA) is 187 Å². The molecule has 0 spiro atoms. The van der Waals surface area contributed by atoms with Gasteiger partial charge in [-0.15, -0.1) is 0 Å². The highest BCUT2D eigenvalue weighted by atomic mass is 19.3. The van der Waals surface area contributed by atoms with Crippen LogP contribution in [-0.4, -0.2) is 79.2 Å². The van der Waals surface area contributed by atoms with Crippen molar-refractivity contribution in [1.82, 2.24) is 9.97 Å². The number of aliphatic hydroxyl groups excluding tert-OH is 3. The Morgan fingerprint density at radius 2 is 1.74 bits per heavy atom. The highest BCUT2D eigenvalue weighted by Gasteiger charge is 2.55. The summed E-state index contributed by atoms with van der Waals surface area (Å²) in [6, 6.07) is 11.5. The van der Waals surface area contributed by atoms with Crippen molar-refractivity contribution in [2.45, 2.75) is 94.5 Å². The SMILES string of the molecule is CC(C)(O)c1ccc([C@@H](Cc2ccc(O[C@@H]3O[C@](C)(C(N)=O)[C@@H](O)[C@H](O)[C@H]3O)nc2)c2ccc(OC(F)F)c(OC3CC3)c2)cn1. The molecule has 1 aliphatic heterocycles. The van der Waals surface area contributed by atoms with E-state index in [1.807, 2.05) is 6.07 Å².